The van der Waals surface area contributed by atoms with Gasteiger partial charge in [-0.05, 0) is 6.92 Å². The van der Waals surface area contributed by atoms with E-state index in [2.05, 4.69) is 9.26 Å². The second-order valence-electron chi connectivity index (χ2n) is 0.849. The zero-order valence-corrected chi connectivity index (χ0v) is 5.18. The third-order valence-corrected chi connectivity index (χ3v) is 0.598. The summed E-state index contributed by atoms with van der Waals surface area (Å²) in [6.45, 7) is 1.86. The van der Waals surface area contributed by atoms with Gasteiger partial charge in [0.25, 0.3) is 0 Å². The summed E-state index contributed by atoms with van der Waals surface area (Å²) in [5.41, 5.74) is 0. The van der Waals surface area contributed by atoms with Gasteiger partial charge in [0, 0.05) is 0 Å². The third-order valence-electron chi connectivity index (χ3n) is 0.374. The molecule has 0 aromatic heterocycles. The summed E-state index contributed by atoms with van der Waals surface area (Å²) in [5.74, 6) is 0. The zero-order valence-electron chi connectivity index (χ0n) is 4.29. The summed E-state index contributed by atoms with van der Waals surface area (Å²) in [4.78, 5) is 9.99. The summed E-state index contributed by atoms with van der Waals surface area (Å²) in [6, 6.07) is 0. The molecule has 0 saturated heterocycles. The topological polar surface area (TPSA) is 52.6 Å². The van der Waals surface area contributed by atoms with Gasteiger partial charge < -0.3 is 9.26 Å². The van der Waals surface area contributed by atoms with E-state index in [1.54, 1.807) is 6.92 Å². The second-order valence-corrected chi connectivity index (χ2v) is 1.18. The predicted molar refractivity (Wildman–Crippen MR) is 32.9 cm³/mol. The SMILES string of the molecule is CCOC(=O)OP=O.[LiH]. The van der Waals surface area contributed by atoms with Gasteiger partial charge in [0.1, 0.15) is 0 Å². The van der Waals surface area contributed by atoms with Crippen molar-refractivity contribution in [3.05, 3.63) is 0 Å². The van der Waals surface area contributed by atoms with Crippen LogP contribution in [0.25, 0.3) is 0 Å². The first-order chi connectivity index (χ1) is 3.81. The average Bonchev–Trinajstić information content (AvgIpc) is 1.68. The maximum absolute atomic E-state index is 9.99. The fraction of sp³-hybridized carbons (Fsp3) is 0.667. The molecule has 0 atom stereocenters. The number of carbonyl (C=O) groups excluding carboxylic acids is 1. The van der Waals surface area contributed by atoms with Gasteiger partial charge in [-0.1, -0.05) is 0 Å². The minimum atomic E-state index is -0.913. The van der Waals surface area contributed by atoms with Crippen LogP contribution in [0.1, 0.15) is 6.92 Å². The van der Waals surface area contributed by atoms with Crippen molar-refractivity contribution < 1.29 is 18.6 Å². The number of rotatable bonds is 2. The van der Waals surface area contributed by atoms with E-state index in [-0.39, 0.29) is 25.5 Å². The molecule has 0 unspecified atom stereocenters. The molecule has 0 N–H and O–H groups in total. The first kappa shape index (κ1) is 11.7. The van der Waals surface area contributed by atoms with Crippen LogP contribution >= 0.6 is 8.69 Å². The van der Waals surface area contributed by atoms with E-state index in [4.69, 9.17) is 0 Å². The van der Waals surface area contributed by atoms with Crippen molar-refractivity contribution in [3.8, 4) is 0 Å². The minimum absolute atomic E-state index is 0. The Morgan fingerprint density at radius 2 is 2.22 bits per heavy atom. The Bertz CT molecular complexity index is 95.8. The van der Waals surface area contributed by atoms with Crippen molar-refractivity contribution in [3.63, 3.8) is 0 Å². The molecular weight excluding hydrogens is 138 g/mol. The summed E-state index contributed by atoms with van der Waals surface area (Å²) in [7, 11) is -0.676. The van der Waals surface area contributed by atoms with Crippen LogP contribution in [-0.4, -0.2) is 31.6 Å². The molecule has 0 aromatic carbocycles. The molecule has 0 aliphatic heterocycles. The van der Waals surface area contributed by atoms with Gasteiger partial charge in [0.05, 0.1) is 6.61 Å². The fourth-order valence-electron chi connectivity index (χ4n) is 0.175. The summed E-state index contributed by atoms with van der Waals surface area (Å²) >= 11 is 0. The van der Waals surface area contributed by atoms with E-state index in [1.165, 1.54) is 0 Å². The van der Waals surface area contributed by atoms with Crippen LogP contribution in [0, 0.1) is 0 Å². The van der Waals surface area contributed by atoms with E-state index in [1.807, 2.05) is 0 Å². The molecular formula is C3H6LiO4P. The van der Waals surface area contributed by atoms with Crippen LogP contribution in [0.4, 0.5) is 4.79 Å². The van der Waals surface area contributed by atoms with Gasteiger partial charge in [-0.3, -0.25) is 0 Å². The fourth-order valence-corrected chi connectivity index (χ4v) is 0.288. The Balaban J connectivity index is 0. The molecule has 0 fully saturated rings. The zero-order chi connectivity index (χ0) is 6.41. The molecule has 6 heteroatoms. The quantitative estimate of drug-likeness (QED) is 0.325. The second kappa shape index (κ2) is 7.97. The first-order valence-corrected chi connectivity index (χ1v) is 2.70. The molecule has 0 saturated carbocycles. The van der Waals surface area contributed by atoms with Crippen molar-refractivity contribution in [2.45, 2.75) is 6.92 Å². The van der Waals surface area contributed by atoms with Gasteiger partial charge in [-0.25, -0.2) is 9.36 Å². The molecule has 0 bridgehead atoms. The van der Waals surface area contributed by atoms with E-state index >= 15 is 0 Å². The molecule has 0 aliphatic rings. The number of hydrogen-bond acceptors (Lipinski definition) is 4. The summed E-state index contributed by atoms with van der Waals surface area (Å²) < 4.78 is 17.5. The van der Waals surface area contributed by atoms with Crippen LogP contribution in [0.3, 0.4) is 0 Å². The Morgan fingerprint density at radius 1 is 1.67 bits per heavy atom. The van der Waals surface area contributed by atoms with Crippen LogP contribution in [0.15, 0.2) is 0 Å². The molecule has 0 radical (unpaired) electrons. The first-order valence-electron chi connectivity index (χ1n) is 1.97. The normalized spacial score (nSPS) is 7.67. The van der Waals surface area contributed by atoms with Crippen LogP contribution < -0.4 is 0 Å². The van der Waals surface area contributed by atoms with Gasteiger partial charge in [0.15, 0.2) is 0 Å². The molecule has 9 heavy (non-hydrogen) atoms. The van der Waals surface area contributed by atoms with Crippen LogP contribution in [0.5, 0.6) is 0 Å². The van der Waals surface area contributed by atoms with E-state index in [0.29, 0.717) is 0 Å². The van der Waals surface area contributed by atoms with Gasteiger partial charge in [0.2, 0.25) is 0 Å². The Morgan fingerprint density at radius 3 is 2.56 bits per heavy atom. The molecule has 0 rings (SSSR count). The summed E-state index contributed by atoms with van der Waals surface area (Å²) in [5, 5.41) is 0. The van der Waals surface area contributed by atoms with Crippen molar-refractivity contribution in [2.24, 2.45) is 0 Å². The molecule has 0 spiro atoms. The predicted octanol–water partition coefficient (Wildman–Crippen LogP) is 0.718. The maximum atomic E-state index is 9.99. The average molecular weight is 144 g/mol. The van der Waals surface area contributed by atoms with Crippen molar-refractivity contribution in [1.29, 1.82) is 0 Å². The number of hydrogen-bond donors (Lipinski definition) is 0. The van der Waals surface area contributed by atoms with Crippen molar-refractivity contribution >= 4 is 33.7 Å². The van der Waals surface area contributed by atoms with Crippen molar-refractivity contribution in [1.82, 2.24) is 0 Å². The molecule has 48 valence electrons. The number of ether oxygens (including phenoxy) is 1. The van der Waals surface area contributed by atoms with Gasteiger partial charge in [-0.15, -0.1) is 0 Å². The van der Waals surface area contributed by atoms with Gasteiger partial charge >= 0.3 is 33.7 Å². The van der Waals surface area contributed by atoms with Crippen molar-refractivity contribution in [2.75, 3.05) is 6.61 Å². The molecule has 0 aromatic rings. The van der Waals surface area contributed by atoms with E-state index in [9.17, 15) is 9.36 Å². The van der Waals surface area contributed by atoms with Gasteiger partial charge in [-0.2, -0.15) is 0 Å². The van der Waals surface area contributed by atoms with E-state index in [0.717, 1.165) is 0 Å². The van der Waals surface area contributed by atoms with Crippen LogP contribution in [-0.2, 0) is 13.8 Å². The third kappa shape index (κ3) is 7.97. The van der Waals surface area contributed by atoms with E-state index < -0.39 is 14.8 Å². The molecule has 4 nitrogen and oxygen atoms in total. The Kier molecular flexibility index (Phi) is 10.4. The van der Waals surface area contributed by atoms with Crippen LogP contribution in [0.2, 0.25) is 0 Å². The standard InChI is InChI=1S/C3H5O4P.Li.H/c1-2-6-3(4)7-8-5;;/h2H2,1H3;;. The molecule has 0 amide bonds. The summed E-state index contributed by atoms with van der Waals surface area (Å²) in [6.07, 6.45) is -0.913. The molecule has 0 aliphatic carbocycles. The monoisotopic (exact) mass is 144 g/mol. The Hall–Kier alpha value is -0.0326. The Labute approximate surface area is 66.4 Å². The molecule has 0 heterocycles. The number of carbonyl (C=O) groups is 1.